The van der Waals surface area contributed by atoms with Crippen molar-refractivity contribution in [3.63, 3.8) is 0 Å². The molecule has 0 aromatic heterocycles. The number of rotatable bonds is 8. The van der Waals surface area contributed by atoms with E-state index in [1.165, 1.54) is 17.1 Å². The maximum Gasteiger partial charge on any atom is 0.336 e. The van der Waals surface area contributed by atoms with Crippen molar-refractivity contribution in [2.45, 2.75) is 18.4 Å². The van der Waals surface area contributed by atoms with Gasteiger partial charge in [0.1, 0.15) is 0 Å². The van der Waals surface area contributed by atoms with Gasteiger partial charge in [-0.05, 0) is 36.4 Å². The van der Waals surface area contributed by atoms with E-state index in [0.29, 0.717) is 0 Å². The molecule has 0 fully saturated rings. The lowest BCUT2D eigenvalue weighted by Gasteiger charge is -2.25. The van der Waals surface area contributed by atoms with Crippen LogP contribution in [-0.2, 0) is 14.4 Å². The van der Waals surface area contributed by atoms with E-state index >= 15 is 0 Å². The number of hydrogen-bond donors (Lipinski definition) is 4. The summed E-state index contributed by atoms with van der Waals surface area (Å²) in [6.45, 7) is 0. The number of carboxylic acid groups (broad SMARTS) is 3. The summed E-state index contributed by atoms with van der Waals surface area (Å²) in [5.74, 6) is -5.02. The lowest BCUT2D eigenvalue weighted by molar-refractivity contribution is -0.170. The smallest absolute Gasteiger partial charge is 0.336 e. The highest BCUT2D eigenvalue weighted by Crippen LogP contribution is 2.33. The average Bonchev–Trinajstić information content (AvgIpc) is 2.75. The van der Waals surface area contributed by atoms with E-state index in [4.69, 9.17) is 20.4 Å². The van der Waals surface area contributed by atoms with Crippen LogP contribution >= 0.6 is 0 Å². The molecule has 0 aliphatic heterocycles. The molecular weight excluding hydrogens is 414 g/mol. The summed E-state index contributed by atoms with van der Waals surface area (Å²) < 4.78 is 0. The Morgan fingerprint density at radius 1 is 0.594 bits per heavy atom. The summed E-state index contributed by atoms with van der Waals surface area (Å²) >= 11 is 0. The first-order valence-electron chi connectivity index (χ1n) is 9.57. The van der Waals surface area contributed by atoms with E-state index in [1.807, 2.05) is 18.2 Å². The molecule has 8 heteroatoms. The van der Waals surface area contributed by atoms with Crippen LogP contribution in [0.4, 0.5) is 17.1 Å². The van der Waals surface area contributed by atoms with Gasteiger partial charge in [0.15, 0.2) is 5.60 Å². The molecule has 8 nitrogen and oxygen atoms in total. The average molecular weight is 437 g/mol. The van der Waals surface area contributed by atoms with Crippen molar-refractivity contribution < 1.29 is 34.8 Å². The van der Waals surface area contributed by atoms with Crippen molar-refractivity contribution in [2.24, 2.45) is 0 Å². The molecule has 0 spiro atoms. The fourth-order valence-electron chi connectivity index (χ4n) is 2.89. The summed E-state index contributed by atoms with van der Waals surface area (Å²) in [6.07, 6.45) is -2.29. The molecule has 0 aliphatic rings. The highest BCUT2D eigenvalue weighted by molar-refractivity contribution is 5.88. The second-order valence-corrected chi connectivity index (χ2v) is 6.82. The van der Waals surface area contributed by atoms with E-state index in [2.05, 4.69) is 77.7 Å². The Kier molecular flexibility index (Phi) is 8.50. The van der Waals surface area contributed by atoms with Gasteiger partial charge in [0, 0.05) is 17.1 Å². The van der Waals surface area contributed by atoms with Crippen LogP contribution in [-0.4, -0.2) is 43.9 Å². The molecule has 0 unspecified atom stereocenters. The van der Waals surface area contributed by atoms with E-state index < -0.39 is 36.4 Å². The van der Waals surface area contributed by atoms with Crippen molar-refractivity contribution in [1.82, 2.24) is 0 Å². The Bertz CT molecular complexity index is 914. The number of aliphatic carboxylic acids is 3. The number of anilines is 3. The lowest BCUT2D eigenvalue weighted by atomic mass is 9.96. The van der Waals surface area contributed by atoms with Gasteiger partial charge in [-0.1, -0.05) is 54.6 Å². The van der Waals surface area contributed by atoms with Gasteiger partial charge in [0.2, 0.25) is 0 Å². The van der Waals surface area contributed by atoms with E-state index in [0.717, 1.165) is 0 Å². The Morgan fingerprint density at radius 3 is 1.09 bits per heavy atom. The molecule has 0 amide bonds. The molecule has 32 heavy (non-hydrogen) atoms. The van der Waals surface area contributed by atoms with Gasteiger partial charge in [0.25, 0.3) is 0 Å². The van der Waals surface area contributed by atoms with E-state index in [-0.39, 0.29) is 0 Å². The molecule has 3 rings (SSSR count). The largest absolute Gasteiger partial charge is 0.481 e. The monoisotopic (exact) mass is 437 g/mol. The third kappa shape index (κ3) is 6.96. The third-order valence-electron chi connectivity index (χ3n) is 4.33. The summed E-state index contributed by atoms with van der Waals surface area (Å²) in [7, 11) is 0. The molecule has 0 aliphatic carbocycles. The van der Waals surface area contributed by atoms with Crippen LogP contribution in [0.5, 0.6) is 0 Å². The maximum absolute atomic E-state index is 10.3. The predicted octanol–water partition coefficient (Wildman–Crippen LogP) is 3.91. The first-order valence-corrected chi connectivity index (χ1v) is 9.57. The van der Waals surface area contributed by atoms with Crippen LogP contribution in [0, 0.1) is 0 Å². The van der Waals surface area contributed by atoms with Crippen molar-refractivity contribution in [1.29, 1.82) is 0 Å². The third-order valence-corrected chi connectivity index (χ3v) is 4.33. The molecule has 166 valence electrons. The highest BCUT2D eigenvalue weighted by atomic mass is 16.4. The van der Waals surface area contributed by atoms with Crippen LogP contribution < -0.4 is 4.90 Å². The van der Waals surface area contributed by atoms with Crippen molar-refractivity contribution in [2.75, 3.05) is 4.90 Å². The van der Waals surface area contributed by atoms with Crippen LogP contribution in [0.1, 0.15) is 12.8 Å². The number of para-hydroxylation sites is 3. The number of carboxylic acids is 3. The SMILES string of the molecule is O=C(O)CC(O)(CC(=O)O)C(=O)O.c1ccc(N(c2ccccc2)c2ccccc2)cc1. The number of carbonyl (C=O) groups is 3. The highest BCUT2D eigenvalue weighted by Gasteiger charge is 2.40. The summed E-state index contributed by atoms with van der Waals surface area (Å²) in [5, 5.41) is 33.8. The molecular formula is C24H23NO7. The van der Waals surface area contributed by atoms with Gasteiger partial charge in [-0.25, -0.2) is 4.79 Å². The van der Waals surface area contributed by atoms with Crippen LogP contribution in [0.15, 0.2) is 91.0 Å². The van der Waals surface area contributed by atoms with Crippen molar-refractivity contribution >= 4 is 35.0 Å². The maximum atomic E-state index is 10.3. The predicted molar refractivity (Wildman–Crippen MR) is 118 cm³/mol. The molecule has 0 bridgehead atoms. The summed E-state index contributed by atoms with van der Waals surface area (Å²) in [4.78, 5) is 32.7. The Hall–Kier alpha value is -4.17. The van der Waals surface area contributed by atoms with Crippen molar-refractivity contribution in [3.05, 3.63) is 91.0 Å². The van der Waals surface area contributed by atoms with Crippen molar-refractivity contribution in [3.8, 4) is 0 Å². The molecule has 0 saturated carbocycles. The zero-order valence-corrected chi connectivity index (χ0v) is 17.0. The van der Waals surface area contributed by atoms with Gasteiger partial charge < -0.3 is 25.3 Å². The molecule has 0 atom stereocenters. The van der Waals surface area contributed by atoms with E-state index in [1.54, 1.807) is 0 Å². The number of benzene rings is 3. The fraction of sp³-hybridized carbons (Fsp3) is 0.125. The van der Waals surface area contributed by atoms with Crippen LogP contribution in [0.3, 0.4) is 0 Å². The molecule has 0 heterocycles. The number of nitrogens with zero attached hydrogens (tertiary/aromatic N) is 1. The summed E-state index contributed by atoms with van der Waals surface area (Å²) in [6, 6.07) is 31.3. The lowest BCUT2D eigenvalue weighted by Crippen LogP contribution is -2.42. The normalized spacial score (nSPS) is 10.4. The quantitative estimate of drug-likeness (QED) is 0.417. The number of hydrogen-bond acceptors (Lipinski definition) is 5. The Balaban J connectivity index is 0.000000247. The second kappa shape index (κ2) is 11.3. The van der Waals surface area contributed by atoms with Gasteiger partial charge in [-0.3, -0.25) is 9.59 Å². The van der Waals surface area contributed by atoms with E-state index in [9.17, 15) is 14.4 Å². The molecule has 4 N–H and O–H groups in total. The fourth-order valence-corrected chi connectivity index (χ4v) is 2.89. The molecule has 3 aromatic rings. The topological polar surface area (TPSA) is 135 Å². The zero-order valence-electron chi connectivity index (χ0n) is 17.0. The Morgan fingerprint density at radius 2 is 0.875 bits per heavy atom. The first-order chi connectivity index (χ1) is 15.2. The molecule has 0 radical (unpaired) electrons. The standard InChI is InChI=1S/C18H15N.C6H8O7/c1-4-10-16(11-5-1)19(17-12-6-2-7-13-17)18-14-8-3-9-15-18;7-3(8)1-6(13,5(11)12)2-4(9)10/h1-15H;13H,1-2H2,(H,7,8)(H,9,10)(H,11,12). The zero-order chi connectivity index (χ0) is 23.6. The van der Waals surface area contributed by atoms with Gasteiger partial charge in [-0.2, -0.15) is 0 Å². The second-order valence-electron chi connectivity index (χ2n) is 6.82. The van der Waals surface area contributed by atoms with Gasteiger partial charge in [-0.15, -0.1) is 0 Å². The minimum atomic E-state index is -2.74. The first kappa shape index (κ1) is 24.1. The summed E-state index contributed by atoms with van der Waals surface area (Å²) in [5.41, 5.74) is 0.761. The molecule has 3 aromatic carbocycles. The van der Waals surface area contributed by atoms with Crippen LogP contribution in [0.25, 0.3) is 0 Å². The van der Waals surface area contributed by atoms with Gasteiger partial charge in [0.05, 0.1) is 12.8 Å². The number of aliphatic hydroxyl groups is 1. The Labute approximate surface area is 184 Å². The molecule has 0 saturated heterocycles. The minimum Gasteiger partial charge on any atom is -0.481 e. The minimum absolute atomic E-state index is 1.14. The van der Waals surface area contributed by atoms with Gasteiger partial charge >= 0.3 is 17.9 Å². The van der Waals surface area contributed by atoms with Crippen LogP contribution in [0.2, 0.25) is 0 Å².